The Kier molecular flexibility index (Phi) is 6.81. The normalized spacial score (nSPS) is 12.7. The van der Waals surface area contributed by atoms with E-state index < -0.39 is 0 Å². The van der Waals surface area contributed by atoms with Crippen molar-refractivity contribution in [1.82, 2.24) is 9.88 Å². The summed E-state index contributed by atoms with van der Waals surface area (Å²) in [4.78, 5) is 9.09. The van der Waals surface area contributed by atoms with Crippen molar-refractivity contribution >= 4 is 5.69 Å². The molecule has 0 spiro atoms. The fourth-order valence-electron chi connectivity index (χ4n) is 1.97. The third-order valence-electron chi connectivity index (χ3n) is 3.27. The first-order valence-electron chi connectivity index (χ1n) is 7.19. The number of pyridine rings is 1. The van der Waals surface area contributed by atoms with E-state index >= 15 is 0 Å². The number of likely N-dealkylation sites (N-methyl/N-ethyl adjacent to an activating group) is 1. The number of aromatic nitrogens is 1. The van der Waals surface area contributed by atoms with Crippen LogP contribution in [0.1, 0.15) is 38.4 Å². The molecule has 0 bridgehead atoms. The van der Waals surface area contributed by atoms with E-state index in [1.165, 1.54) is 5.69 Å². The van der Waals surface area contributed by atoms with Crippen LogP contribution >= 0.6 is 0 Å². The van der Waals surface area contributed by atoms with E-state index in [4.69, 9.17) is 5.73 Å². The van der Waals surface area contributed by atoms with Gasteiger partial charge in [0.15, 0.2) is 0 Å². The highest BCUT2D eigenvalue weighted by molar-refractivity contribution is 5.44. The molecule has 0 fully saturated rings. The summed E-state index contributed by atoms with van der Waals surface area (Å²) in [6.07, 6.45) is 4.02. The summed E-state index contributed by atoms with van der Waals surface area (Å²) in [6, 6.07) is 4.25. The maximum Gasteiger partial charge on any atom is 0.0572 e. The number of rotatable bonds is 8. The summed E-state index contributed by atoms with van der Waals surface area (Å²) in [5.41, 5.74) is 8.17. The molecule has 4 heteroatoms. The van der Waals surface area contributed by atoms with Gasteiger partial charge >= 0.3 is 0 Å². The van der Waals surface area contributed by atoms with Crippen LogP contribution in [0.25, 0.3) is 0 Å². The highest BCUT2D eigenvalue weighted by Crippen LogP contribution is 2.17. The van der Waals surface area contributed by atoms with Crippen LogP contribution in [-0.4, -0.2) is 43.6 Å². The zero-order chi connectivity index (χ0) is 14.3. The van der Waals surface area contributed by atoms with E-state index in [2.05, 4.69) is 54.9 Å². The highest BCUT2D eigenvalue weighted by Gasteiger charge is 2.09. The van der Waals surface area contributed by atoms with Crippen molar-refractivity contribution in [2.45, 2.75) is 32.7 Å². The Morgan fingerprint density at radius 2 is 1.89 bits per heavy atom. The van der Waals surface area contributed by atoms with Crippen LogP contribution in [0.4, 0.5) is 5.69 Å². The molecule has 0 unspecified atom stereocenters. The van der Waals surface area contributed by atoms with Gasteiger partial charge in [-0.25, -0.2) is 0 Å². The molecular weight excluding hydrogens is 236 g/mol. The summed E-state index contributed by atoms with van der Waals surface area (Å²) in [5.74, 6) is 0. The third kappa shape index (κ3) is 5.17. The van der Waals surface area contributed by atoms with Crippen molar-refractivity contribution in [3.63, 3.8) is 0 Å². The molecule has 4 nitrogen and oxygen atoms in total. The van der Waals surface area contributed by atoms with Gasteiger partial charge in [0.2, 0.25) is 0 Å². The third-order valence-corrected chi connectivity index (χ3v) is 3.27. The topological polar surface area (TPSA) is 45.4 Å². The standard InChI is InChI=1S/C15H28N4/c1-5-9-19(11-10-18(3)4)13-7-8-15(17-12-13)14(16)6-2/h7-8,12,14H,5-6,9-11,16H2,1-4H3/t14-/m0/s1. The van der Waals surface area contributed by atoms with Crippen molar-refractivity contribution < 1.29 is 0 Å². The molecule has 1 atom stereocenters. The van der Waals surface area contributed by atoms with E-state index in [9.17, 15) is 0 Å². The summed E-state index contributed by atoms with van der Waals surface area (Å²) in [5, 5.41) is 0. The average Bonchev–Trinajstić information content (AvgIpc) is 2.42. The van der Waals surface area contributed by atoms with Crippen LogP contribution < -0.4 is 10.6 Å². The van der Waals surface area contributed by atoms with Gasteiger partial charge in [-0.05, 0) is 39.1 Å². The quantitative estimate of drug-likeness (QED) is 0.782. The van der Waals surface area contributed by atoms with Gasteiger partial charge in [-0.2, -0.15) is 0 Å². The minimum absolute atomic E-state index is 0.0513. The molecular formula is C15H28N4. The first-order valence-corrected chi connectivity index (χ1v) is 7.19. The molecule has 1 aromatic rings. The SMILES string of the molecule is CCCN(CCN(C)C)c1ccc([C@@H](N)CC)nc1. The Morgan fingerprint density at radius 3 is 2.37 bits per heavy atom. The molecule has 0 radical (unpaired) electrons. The first kappa shape index (κ1) is 15.9. The molecule has 0 aromatic carbocycles. The van der Waals surface area contributed by atoms with Crippen LogP contribution in [0.3, 0.4) is 0 Å². The predicted molar refractivity (Wildman–Crippen MR) is 82.5 cm³/mol. The molecule has 0 amide bonds. The first-order chi connectivity index (χ1) is 9.08. The Labute approximate surface area is 117 Å². The van der Waals surface area contributed by atoms with Gasteiger partial charge in [-0.3, -0.25) is 4.98 Å². The summed E-state index contributed by atoms with van der Waals surface area (Å²) < 4.78 is 0. The highest BCUT2D eigenvalue weighted by atomic mass is 15.2. The van der Waals surface area contributed by atoms with Crippen LogP contribution in [0.2, 0.25) is 0 Å². The second kappa shape index (κ2) is 8.12. The van der Waals surface area contributed by atoms with Crippen LogP contribution in [-0.2, 0) is 0 Å². The summed E-state index contributed by atoms with van der Waals surface area (Å²) >= 11 is 0. The zero-order valence-corrected chi connectivity index (χ0v) is 12.8. The van der Waals surface area contributed by atoms with E-state index in [0.29, 0.717) is 0 Å². The number of hydrogen-bond donors (Lipinski definition) is 1. The molecule has 2 N–H and O–H groups in total. The molecule has 0 aliphatic rings. The fraction of sp³-hybridized carbons (Fsp3) is 0.667. The van der Waals surface area contributed by atoms with E-state index in [-0.39, 0.29) is 6.04 Å². The number of anilines is 1. The minimum atomic E-state index is 0.0513. The lowest BCUT2D eigenvalue weighted by atomic mass is 10.1. The van der Waals surface area contributed by atoms with Crippen molar-refractivity contribution in [2.75, 3.05) is 38.6 Å². The molecule has 108 valence electrons. The minimum Gasteiger partial charge on any atom is -0.369 e. The maximum absolute atomic E-state index is 5.99. The van der Waals surface area contributed by atoms with Gasteiger partial charge < -0.3 is 15.5 Å². The van der Waals surface area contributed by atoms with Crippen LogP contribution in [0.5, 0.6) is 0 Å². The Morgan fingerprint density at radius 1 is 1.16 bits per heavy atom. The van der Waals surface area contributed by atoms with Crippen LogP contribution in [0.15, 0.2) is 18.3 Å². The van der Waals surface area contributed by atoms with E-state index in [1.54, 1.807) is 0 Å². The predicted octanol–water partition coefficient (Wildman–Crippen LogP) is 2.27. The van der Waals surface area contributed by atoms with Crippen molar-refractivity contribution in [2.24, 2.45) is 5.73 Å². The van der Waals surface area contributed by atoms with E-state index in [1.807, 2.05) is 6.20 Å². The molecule has 1 rings (SSSR count). The van der Waals surface area contributed by atoms with Gasteiger partial charge in [-0.15, -0.1) is 0 Å². The monoisotopic (exact) mass is 264 g/mol. The zero-order valence-electron chi connectivity index (χ0n) is 12.8. The number of nitrogens with zero attached hydrogens (tertiary/aromatic N) is 3. The maximum atomic E-state index is 5.99. The molecule has 0 saturated heterocycles. The molecule has 0 saturated carbocycles. The molecule has 0 aliphatic heterocycles. The fourth-order valence-corrected chi connectivity index (χ4v) is 1.97. The number of nitrogens with two attached hydrogens (primary N) is 1. The lowest BCUT2D eigenvalue weighted by Crippen LogP contribution is -2.32. The Balaban J connectivity index is 2.73. The van der Waals surface area contributed by atoms with Gasteiger partial charge in [0.05, 0.1) is 17.6 Å². The molecule has 0 aliphatic carbocycles. The van der Waals surface area contributed by atoms with Crippen molar-refractivity contribution in [3.05, 3.63) is 24.0 Å². The summed E-state index contributed by atoms with van der Waals surface area (Å²) in [7, 11) is 4.21. The average molecular weight is 264 g/mol. The second-order valence-corrected chi connectivity index (χ2v) is 5.25. The van der Waals surface area contributed by atoms with Crippen molar-refractivity contribution in [3.8, 4) is 0 Å². The molecule has 19 heavy (non-hydrogen) atoms. The lowest BCUT2D eigenvalue weighted by Gasteiger charge is -2.26. The van der Waals surface area contributed by atoms with Crippen LogP contribution in [0, 0.1) is 0 Å². The second-order valence-electron chi connectivity index (χ2n) is 5.25. The molecule has 1 aromatic heterocycles. The van der Waals surface area contributed by atoms with Gasteiger partial charge in [0.25, 0.3) is 0 Å². The van der Waals surface area contributed by atoms with E-state index in [0.717, 1.165) is 38.2 Å². The number of hydrogen-bond acceptors (Lipinski definition) is 4. The largest absolute Gasteiger partial charge is 0.369 e. The summed E-state index contributed by atoms with van der Waals surface area (Å²) in [6.45, 7) is 7.44. The Bertz CT molecular complexity index is 348. The van der Waals surface area contributed by atoms with Crippen molar-refractivity contribution in [1.29, 1.82) is 0 Å². The van der Waals surface area contributed by atoms with Gasteiger partial charge in [-0.1, -0.05) is 13.8 Å². The molecule has 1 heterocycles. The lowest BCUT2D eigenvalue weighted by molar-refractivity contribution is 0.413. The smallest absolute Gasteiger partial charge is 0.0572 e. The van der Waals surface area contributed by atoms with Gasteiger partial charge in [0, 0.05) is 25.7 Å². The Hall–Kier alpha value is -1.13. The van der Waals surface area contributed by atoms with Gasteiger partial charge in [0.1, 0.15) is 0 Å².